The standard InChI is InChI=1S/C5H5NOS.C2H6/c1-4-6-2-5(3-7)8-4;1-2/h2-3H,1H3;1-2H3. The van der Waals surface area contributed by atoms with Crippen LogP contribution in [0.25, 0.3) is 0 Å². The zero-order chi connectivity index (χ0) is 7.98. The van der Waals surface area contributed by atoms with Crippen LogP contribution < -0.4 is 0 Å². The van der Waals surface area contributed by atoms with Gasteiger partial charge in [0.1, 0.15) is 0 Å². The van der Waals surface area contributed by atoms with E-state index < -0.39 is 0 Å². The number of hydrogen-bond donors (Lipinski definition) is 0. The third-order valence-electron chi connectivity index (χ3n) is 0.755. The van der Waals surface area contributed by atoms with Crippen molar-refractivity contribution in [1.29, 1.82) is 0 Å². The number of aryl methyl sites for hydroxylation is 1. The van der Waals surface area contributed by atoms with Crippen LogP contribution in [0.5, 0.6) is 0 Å². The van der Waals surface area contributed by atoms with Crippen molar-refractivity contribution in [2.45, 2.75) is 20.8 Å². The van der Waals surface area contributed by atoms with E-state index in [4.69, 9.17) is 0 Å². The van der Waals surface area contributed by atoms with Gasteiger partial charge < -0.3 is 0 Å². The number of hydrogen-bond acceptors (Lipinski definition) is 3. The van der Waals surface area contributed by atoms with E-state index in [9.17, 15) is 4.79 Å². The summed E-state index contributed by atoms with van der Waals surface area (Å²) < 4.78 is 0. The van der Waals surface area contributed by atoms with Gasteiger partial charge in [0, 0.05) is 6.20 Å². The van der Waals surface area contributed by atoms with E-state index in [2.05, 4.69) is 4.98 Å². The van der Waals surface area contributed by atoms with Crippen LogP contribution in [-0.4, -0.2) is 11.3 Å². The number of nitrogens with zero attached hydrogens (tertiary/aromatic N) is 1. The molecule has 1 aromatic rings. The number of carbonyl (C=O) groups is 1. The van der Waals surface area contributed by atoms with Crippen molar-refractivity contribution in [2.24, 2.45) is 0 Å². The molecule has 0 radical (unpaired) electrons. The molecule has 3 heteroatoms. The van der Waals surface area contributed by atoms with Crippen LogP contribution in [0.15, 0.2) is 6.20 Å². The summed E-state index contributed by atoms with van der Waals surface area (Å²) >= 11 is 1.41. The van der Waals surface area contributed by atoms with Gasteiger partial charge in [-0.25, -0.2) is 4.98 Å². The largest absolute Gasteiger partial charge is 0.297 e. The lowest BCUT2D eigenvalue weighted by molar-refractivity contribution is 0.112. The molecule has 0 aromatic carbocycles. The molecule has 0 bridgehead atoms. The highest BCUT2D eigenvalue weighted by atomic mass is 32.1. The molecular formula is C7H11NOS. The van der Waals surface area contributed by atoms with Crippen molar-refractivity contribution < 1.29 is 4.79 Å². The Balaban J connectivity index is 0.000000371. The fourth-order valence-electron chi connectivity index (χ4n) is 0.432. The summed E-state index contributed by atoms with van der Waals surface area (Å²) in [6.45, 7) is 5.87. The van der Waals surface area contributed by atoms with Crippen molar-refractivity contribution >= 4 is 17.6 Å². The number of thiazole rings is 1. The van der Waals surface area contributed by atoms with Crippen molar-refractivity contribution in [1.82, 2.24) is 4.98 Å². The molecule has 10 heavy (non-hydrogen) atoms. The average Bonchev–Trinajstić information content (AvgIpc) is 2.40. The molecule has 2 nitrogen and oxygen atoms in total. The van der Waals surface area contributed by atoms with E-state index in [0.29, 0.717) is 4.88 Å². The Bertz CT molecular complexity index is 195. The monoisotopic (exact) mass is 157 g/mol. The van der Waals surface area contributed by atoms with E-state index in [-0.39, 0.29) is 0 Å². The Kier molecular flexibility index (Phi) is 4.76. The SMILES string of the molecule is CC.Cc1ncc(C=O)s1. The Hall–Kier alpha value is -0.700. The fourth-order valence-corrected chi connectivity index (χ4v) is 1.03. The Morgan fingerprint density at radius 2 is 2.20 bits per heavy atom. The average molecular weight is 157 g/mol. The van der Waals surface area contributed by atoms with Crippen LogP contribution in [0.1, 0.15) is 28.5 Å². The molecule has 0 saturated carbocycles. The topological polar surface area (TPSA) is 30.0 Å². The molecule has 0 fully saturated rings. The highest BCUT2D eigenvalue weighted by Crippen LogP contribution is 2.07. The molecule has 0 saturated heterocycles. The summed E-state index contributed by atoms with van der Waals surface area (Å²) in [6, 6.07) is 0. The smallest absolute Gasteiger partial charge is 0.161 e. The summed E-state index contributed by atoms with van der Waals surface area (Å²) in [6.07, 6.45) is 2.39. The third kappa shape index (κ3) is 2.73. The molecule has 0 aliphatic heterocycles. The minimum atomic E-state index is 0.697. The first-order valence-electron chi connectivity index (χ1n) is 3.20. The predicted octanol–water partition coefficient (Wildman–Crippen LogP) is 2.29. The van der Waals surface area contributed by atoms with Gasteiger partial charge in [-0.1, -0.05) is 13.8 Å². The van der Waals surface area contributed by atoms with Crippen LogP contribution in [0, 0.1) is 6.92 Å². The second-order valence-electron chi connectivity index (χ2n) is 1.40. The number of aldehydes is 1. The lowest BCUT2D eigenvalue weighted by Gasteiger charge is -1.68. The molecule has 0 atom stereocenters. The maximum atomic E-state index is 9.99. The number of rotatable bonds is 1. The summed E-state index contributed by atoms with van der Waals surface area (Å²) in [5.74, 6) is 0. The first kappa shape index (κ1) is 9.30. The van der Waals surface area contributed by atoms with Crippen molar-refractivity contribution in [2.75, 3.05) is 0 Å². The van der Waals surface area contributed by atoms with Gasteiger partial charge in [0.25, 0.3) is 0 Å². The zero-order valence-electron chi connectivity index (χ0n) is 6.42. The van der Waals surface area contributed by atoms with Crippen LogP contribution in [0.2, 0.25) is 0 Å². The molecule has 0 N–H and O–H groups in total. The van der Waals surface area contributed by atoms with Crippen molar-refractivity contribution in [3.63, 3.8) is 0 Å². The summed E-state index contributed by atoms with van der Waals surface area (Å²) in [5.41, 5.74) is 0. The quantitative estimate of drug-likeness (QED) is 0.585. The van der Waals surface area contributed by atoms with Gasteiger partial charge in [0.05, 0.1) is 9.88 Å². The Morgan fingerprint density at radius 3 is 2.40 bits per heavy atom. The first-order valence-corrected chi connectivity index (χ1v) is 4.02. The summed E-state index contributed by atoms with van der Waals surface area (Å²) in [7, 11) is 0. The van der Waals surface area contributed by atoms with Gasteiger partial charge in [-0.05, 0) is 6.92 Å². The fraction of sp³-hybridized carbons (Fsp3) is 0.429. The van der Waals surface area contributed by atoms with Gasteiger partial charge in [0.15, 0.2) is 6.29 Å². The van der Waals surface area contributed by atoms with Gasteiger partial charge in [-0.15, -0.1) is 11.3 Å². The van der Waals surface area contributed by atoms with E-state index >= 15 is 0 Å². The van der Waals surface area contributed by atoms with Gasteiger partial charge in [0.2, 0.25) is 0 Å². The lowest BCUT2D eigenvalue weighted by atomic mass is 10.6. The highest BCUT2D eigenvalue weighted by molar-refractivity contribution is 7.13. The normalized spacial score (nSPS) is 7.90. The van der Waals surface area contributed by atoms with Crippen LogP contribution >= 0.6 is 11.3 Å². The maximum Gasteiger partial charge on any atom is 0.161 e. The zero-order valence-corrected chi connectivity index (χ0v) is 7.23. The molecule has 1 heterocycles. The predicted molar refractivity (Wildman–Crippen MR) is 43.6 cm³/mol. The van der Waals surface area contributed by atoms with Crippen molar-refractivity contribution in [3.8, 4) is 0 Å². The third-order valence-corrected chi connectivity index (χ3v) is 1.59. The molecule has 1 aromatic heterocycles. The number of aromatic nitrogens is 1. The van der Waals surface area contributed by atoms with Crippen molar-refractivity contribution in [3.05, 3.63) is 16.1 Å². The highest BCUT2D eigenvalue weighted by Gasteiger charge is 1.91. The van der Waals surface area contributed by atoms with E-state index in [1.165, 1.54) is 11.3 Å². The molecule has 1 rings (SSSR count). The molecule has 0 aliphatic carbocycles. The lowest BCUT2D eigenvalue weighted by Crippen LogP contribution is -1.63. The second-order valence-corrected chi connectivity index (χ2v) is 2.67. The second kappa shape index (κ2) is 5.11. The van der Waals surface area contributed by atoms with E-state index in [0.717, 1.165) is 11.3 Å². The number of carbonyl (C=O) groups excluding carboxylic acids is 1. The van der Waals surface area contributed by atoms with Gasteiger partial charge >= 0.3 is 0 Å². The molecule has 0 unspecified atom stereocenters. The summed E-state index contributed by atoms with van der Waals surface area (Å²) in [5, 5.41) is 0.937. The molecular weight excluding hydrogens is 146 g/mol. The molecule has 0 aliphatic rings. The minimum Gasteiger partial charge on any atom is -0.297 e. The van der Waals surface area contributed by atoms with E-state index in [1.807, 2.05) is 20.8 Å². The van der Waals surface area contributed by atoms with Crippen LogP contribution in [0.3, 0.4) is 0 Å². The van der Waals surface area contributed by atoms with Crippen LogP contribution in [-0.2, 0) is 0 Å². The van der Waals surface area contributed by atoms with Crippen LogP contribution in [0.4, 0.5) is 0 Å². The summed E-state index contributed by atoms with van der Waals surface area (Å²) in [4.78, 5) is 14.6. The maximum absolute atomic E-state index is 9.99. The van der Waals surface area contributed by atoms with Gasteiger partial charge in [-0.2, -0.15) is 0 Å². The molecule has 0 spiro atoms. The minimum absolute atomic E-state index is 0.697. The van der Waals surface area contributed by atoms with E-state index in [1.54, 1.807) is 6.20 Å². The Morgan fingerprint density at radius 1 is 1.60 bits per heavy atom. The molecule has 0 amide bonds. The van der Waals surface area contributed by atoms with Gasteiger partial charge in [-0.3, -0.25) is 4.79 Å². The molecule has 56 valence electrons. The first-order chi connectivity index (χ1) is 4.83. The Labute approximate surface area is 64.9 Å².